The van der Waals surface area contributed by atoms with Crippen LogP contribution in [0.3, 0.4) is 0 Å². The van der Waals surface area contributed by atoms with Crippen LogP contribution >= 0.6 is 0 Å². The molecule has 0 saturated carbocycles. The van der Waals surface area contributed by atoms with Crippen molar-refractivity contribution in [1.29, 1.82) is 0 Å². The monoisotopic (exact) mass is 496 g/mol. The number of ether oxygens (including phenoxy) is 1. The Morgan fingerprint density at radius 2 is 1.71 bits per heavy atom. The summed E-state index contributed by atoms with van der Waals surface area (Å²) in [5.41, 5.74) is 5.42. The van der Waals surface area contributed by atoms with Gasteiger partial charge in [-0.1, -0.05) is 27.7 Å². The molecule has 4 atom stereocenters. The zero-order valence-electron chi connectivity index (χ0n) is 22.1. The van der Waals surface area contributed by atoms with Gasteiger partial charge in [0.25, 0.3) is 0 Å². The molecule has 1 aromatic heterocycles. The Kier molecular flexibility index (Phi) is 12.2. The van der Waals surface area contributed by atoms with Crippen molar-refractivity contribution in [2.75, 3.05) is 6.54 Å². The fourth-order valence-electron chi connectivity index (χ4n) is 3.56. The van der Waals surface area contributed by atoms with Crippen LogP contribution < -0.4 is 21.7 Å². The molecule has 3 amide bonds. The second-order valence-corrected chi connectivity index (χ2v) is 10.8. The first kappa shape index (κ1) is 30.4. The van der Waals surface area contributed by atoms with E-state index in [0.29, 0.717) is 18.5 Å². The number of H-pyrrole nitrogens is 1. The summed E-state index contributed by atoms with van der Waals surface area (Å²) in [6.45, 7) is 13.2. The maximum Gasteiger partial charge on any atom is 0.408 e. The van der Waals surface area contributed by atoms with Gasteiger partial charge in [0.05, 0.1) is 24.5 Å². The molecule has 0 aliphatic rings. The first-order valence-corrected chi connectivity index (χ1v) is 12.2. The summed E-state index contributed by atoms with van der Waals surface area (Å²) in [4.78, 5) is 44.3. The number of hydrogen-bond donors (Lipinski definition) is 6. The van der Waals surface area contributed by atoms with Crippen molar-refractivity contribution in [2.45, 2.75) is 97.6 Å². The van der Waals surface area contributed by atoms with E-state index in [1.807, 2.05) is 27.7 Å². The van der Waals surface area contributed by atoms with Gasteiger partial charge in [-0.25, -0.2) is 9.78 Å². The lowest BCUT2D eigenvalue weighted by Gasteiger charge is -2.29. The van der Waals surface area contributed by atoms with Crippen molar-refractivity contribution < 1.29 is 24.2 Å². The molecule has 0 bridgehead atoms. The number of carbonyl (C=O) groups excluding carboxylic acids is 3. The molecule has 0 aromatic carbocycles. The van der Waals surface area contributed by atoms with Crippen LogP contribution in [0, 0.1) is 11.8 Å². The zero-order valence-corrected chi connectivity index (χ0v) is 22.1. The Morgan fingerprint density at radius 1 is 1.09 bits per heavy atom. The standard InChI is InChI=1S/C24H44N6O5/c1-14(2)8-17(20(31)12-27-18(21(25)32)9-15(3)4)29-22(33)19(10-16-11-26-13-28-16)30-23(34)35-24(5,6)7/h11,13-15,17-20,27,31H,8-10,12H2,1-7H3,(H2,25,32)(H,26,28)(H,29,33)(H,30,34)/t17-,18-,19-,20?/m0/s1. The number of primary amides is 1. The Morgan fingerprint density at radius 3 is 2.20 bits per heavy atom. The molecule has 11 nitrogen and oxygen atoms in total. The molecule has 11 heteroatoms. The van der Waals surface area contributed by atoms with Crippen LogP contribution in [-0.2, 0) is 20.7 Å². The van der Waals surface area contributed by atoms with E-state index in [2.05, 4.69) is 25.9 Å². The van der Waals surface area contributed by atoms with E-state index in [0.717, 1.165) is 0 Å². The highest BCUT2D eigenvalue weighted by Gasteiger charge is 2.30. The smallest absolute Gasteiger partial charge is 0.408 e. The molecule has 200 valence electrons. The van der Waals surface area contributed by atoms with Crippen LogP contribution in [0.5, 0.6) is 0 Å². The van der Waals surface area contributed by atoms with E-state index in [4.69, 9.17) is 10.5 Å². The maximum absolute atomic E-state index is 13.2. The number of nitrogens with one attached hydrogen (secondary N) is 4. The minimum atomic E-state index is -0.982. The second-order valence-electron chi connectivity index (χ2n) is 10.8. The van der Waals surface area contributed by atoms with Gasteiger partial charge in [0.1, 0.15) is 11.6 Å². The first-order chi connectivity index (χ1) is 16.2. The van der Waals surface area contributed by atoms with Crippen LogP contribution in [0.25, 0.3) is 0 Å². The lowest BCUT2D eigenvalue weighted by atomic mass is 9.97. The normalized spacial score (nSPS) is 15.4. The number of nitrogens with two attached hydrogens (primary N) is 1. The Balaban J connectivity index is 2.95. The quantitative estimate of drug-likeness (QED) is 0.225. The SMILES string of the molecule is CC(C)C[C@H](NCC(O)[C@H](CC(C)C)NC(=O)[C@H](Cc1cnc[nH]1)NC(=O)OC(C)(C)C)C(N)=O. The molecular formula is C24H44N6O5. The highest BCUT2D eigenvalue weighted by atomic mass is 16.6. The topological polar surface area (TPSA) is 171 Å². The van der Waals surface area contributed by atoms with Crippen molar-refractivity contribution in [1.82, 2.24) is 25.9 Å². The average Bonchev–Trinajstić information content (AvgIpc) is 3.20. The molecule has 7 N–H and O–H groups in total. The maximum atomic E-state index is 13.2. The summed E-state index contributed by atoms with van der Waals surface area (Å²) in [6.07, 6.45) is 2.54. The lowest BCUT2D eigenvalue weighted by Crippen LogP contribution is -2.56. The number of aromatic amines is 1. The van der Waals surface area contributed by atoms with Gasteiger partial charge in [0.15, 0.2) is 0 Å². The number of hydrogen-bond acceptors (Lipinski definition) is 7. The van der Waals surface area contributed by atoms with Crippen LogP contribution in [0.2, 0.25) is 0 Å². The predicted molar refractivity (Wildman–Crippen MR) is 133 cm³/mol. The van der Waals surface area contributed by atoms with Crippen molar-refractivity contribution in [3.63, 3.8) is 0 Å². The van der Waals surface area contributed by atoms with Gasteiger partial charge in [-0.15, -0.1) is 0 Å². The largest absolute Gasteiger partial charge is 0.444 e. The van der Waals surface area contributed by atoms with Gasteiger partial charge >= 0.3 is 6.09 Å². The van der Waals surface area contributed by atoms with Crippen molar-refractivity contribution in [3.05, 3.63) is 18.2 Å². The van der Waals surface area contributed by atoms with E-state index in [1.165, 1.54) is 6.33 Å². The summed E-state index contributed by atoms with van der Waals surface area (Å²) in [6, 6.07) is -2.16. The van der Waals surface area contributed by atoms with Crippen molar-refractivity contribution >= 4 is 17.9 Å². The fraction of sp³-hybridized carbons (Fsp3) is 0.750. The molecule has 0 fully saturated rings. The minimum Gasteiger partial charge on any atom is -0.444 e. The molecule has 1 aromatic rings. The third-order valence-corrected chi connectivity index (χ3v) is 5.13. The third kappa shape index (κ3) is 12.6. The van der Waals surface area contributed by atoms with Crippen molar-refractivity contribution in [2.24, 2.45) is 17.6 Å². The van der Waals surface area contributed by atoms with Crippen molar-refractivity contribution in [3.8, 4) is 0 Å². The molecule has 0 aliphatic carbocycles. The summed E-state index contributed by atoms with van der Waals surface area (Å²) in [5, 5.41) is 19.4. The molecule has 1 rings (SSSR count). The van der Waals surface area contributed by atoms with E-state index >= 15 is 0 Å². The van der Waals surface area contributed by atoms with Crippen LogP contribution in [0.15, 0.2) is 12.5 Å². The van der Waals surface area contributed by atoms with Gasteiger partial charge in [0, 0.05) is 24.9 Å². The highest BCUT2D eigenvalue weighted by molar-refractivity contribution is 5.86. The van der Waals surface area contributed by atoms with Crippen LogP contribution in [0.1, 0.15) is 67.0 Å². The number of amides is 3. The van der Waals surface area contributed by atoms with Gasteiger partial charge in [-0.05, 0) is 45.4 Å². The number of aliphatic hydroxyl groups excluding tert-OH is 1. The third-order valence-electron chi connectivity index (χ3n) is 5.13. The van der Waals surface area contributed by atoms with E-state index in [9.17, 15) is 19.5 Å². The molecule has 1 heterocycles. The minimum absolute atomic E-state index is 0.0721. The summed E-state index contributed by atoms with van der Waals surface area (Å²) in [7, 11) is 0. The fourth-order valence-corrected chi connectivity index (χ4v) is 3.56. The van der Waals surface area contributed by atoms with Crippen LogP contribution in [0.4, 0.5) is 4.79 Å². The van der Waals surface area contributed by atoms with Gasteiger partial charge in [0.2, 0.25) is 11.8 Å². The number of rotatable bonds is 14. The summed E-state index contributed by atoms with van der Waals surface area (Å²) >= 11 is 0. The summed E-state index contributed by atoms with van der Waals surface area (Å²) < 4.78 is 5.31. The summed E-state index contributed by atoms with van der Waals surface area (Å²) in [5.74, 6) is -0.548. The van der Waals surface area contributed by atoms with E-state index in [-0.39, 0.29) is 24.8 Å². The number of aromatic nitrogens is 2. The Hall–Kier alpha value is -2.66. The number of carbonyl (C=O) groups is 3. The molecule has 0 saturated heterocycles. The predicted octanol–water partition coefficient (Wildman–Crippen LogP) is 1.23. The molecule has 0 spiro atoms. The first-order valence-electron chi connectivity index (χ1n) is 12.2. The number of alkyl carbamates (subject to hydrolysis) is 1. The molecular weight excluding hydrogens is 452 g/mol. The molecule has 0 aliphatic heterocycles. The highest BCUT2D eigenvalue weighted by Crippen LogP contribution is 2.12. The Bertz CT molecular complexity index is 791. The molecule has 35 heavy (non-hydrogen) atoms. The van der Waals surface area contributed by atoms with E-state index < -0.39 is 47.7 Å². The lowest BCUT2D eigenvalue weighted by molar-refractivity contribution is -0.125. The zero-order chi connectivity index (χ0) is 26.8. The molecule has 1 unspecified atom stereocenters. The number of aliphatic hydroxyl groups is 1. The van der Waals surface area contributed by atoms with Gasteiger partial charge in [-0.3, -0.25) is 9.59 Å². The van der Waals surface area contributed by atoms with E-state index in [1.54, 1.807) is 27.0 Å². The van der Waals surface area contributed by atoms with Crippen LogP contribution in [-0.4, -0.2) is 69.4 Å². The number of imidazole rings is 1. The molecule has 0 radical (unpaired) electrons. The second kappa shape index (κ2) is 14.0. The Labute approximate surface area is 208 Å². The average molecular weight is 497 g/mol. The number of nitrogens with zero attached hydrogens (tertiary/aromatic N) is 1. The van der Waals surface area contributed by atoms with Gasteiger partial charge in [-0.2, -0.15) is 0 Å². The van der Waals surface area contributed by atoms with Gasteiger partial charge < -0.3 is 36.5 Å².